The number of halogens is 5. The summed E-state index contributed by atoms with van der Waals surface area (Å²) >= 11 is 0. The SMILES string of the molecule is CCCCCC1CCC(c2cc(F)c(-c3c(F)c(F)cc(OC)c3F)c(F)c2)CC1. The summed E-state index contributed by atoms with van der Waals surface area (Å²) in [4.78, 5) is 0. The smallest absolute Gasteiger partial charge is 0.176 e. The molecule has 2 aromatic rings. The van der Waals surface area contributed by atoms with E-state index in [-0.39, 0.29) is 5.92 Å². The molecule has 0 aliphatic heterocycles. The molecule has 1 aliphatic rings. The summed E-state index contributed by atoms with van der Waals surface area (Å²) in [6.45, 7) is 2.17. The molecule has 1 saturated carbocycles. The van der Waals surface area contributed by atoms with Crippen molar-refractivity contribution in [2.75, 3.05) is 7.11 Å². The van der Waals surface area contributed by atoms with Gasteiger partial charge in [-0.3, -0.25) is 0 Å². The molecule has 0 N–H and O–H groups in total. The first-order chi connectivity index (χ1) is 14.4. The summed E-state index contributed by atoms with van der Waals surface area (Å²) in [5.41, 5.74) is -1.53. The molecule has 1 fully saturated rings. The highest BCUT2D eigenvalue weighted by molar-refractivity contribution is 5.69. The second kappa shape index (κ2) is 9.80. The minimum atomic E-state index is -1.65. The monoisotopic (exact) mass is 426 g/mol. The Hall–Kier alpha value is -2.11. The van der Waals surface area contributed by atoms with Gasteiger partial charge in [-0.05, 0) is 55.2 Å². The van der Waals surface area contributed by atoms with Crippen LogP contribution in [0.3, 0.4) is 0 Å². The van der Waals surface area contributed by atoms with E-state index >= 15 is 0 Å². The Labute approximate surface area is 174 Å². The van der Waals surface area contributed by atoms with Gasteiger partial charge in [-0.15, -0.1) is 0 Å². The molecule has 0 bridgehead atoms. The third kappa shape index (κ3) is 4.62. The van der Waals surface area contributed by atoms with Gasteiger partial charge in [0.15, 0.2) is 23.2 Å². The predicted molar refractivity (Wildman–Crippen MR) is 107 cm³/mol. The molecule has 0 amide bonds. The molecule has 30 heavy (non-hydrogen) atoms. The zero-order valence-corrected chi connectivity index (χ0v) is 17.3. The van der Waals surface area contributed by atoms with Crippen LogP contribution in [0.15, 0.2) is 18.2 Å². The van der Waals surface area contributed by atoms with Crippen molar-refractivity contribution < 1.29 is 26.7 Å². The molecule has 1 nitrogen and oxygen atoms in total. The number of benzene rings is 2. The molecule has 3 rings (SSSR count). The maximum Gasteiger partial charge on any atom is 0.176 e. The van der Waals surface area contributed by atoms with Crippen LogP contribution in [0.2, 0.25) is 0 Å². The van der Waals surface area contributed by atoms with Crippen molar-refractivity contribution in [3.8, 4) is 16.9 Å². The van der Waals surface area contributed by atoms with Crippen molar-refractivity contribution in [1.82, 2.24) is 0 Å². The van der Waals surface area contributed by atoms with Gasteiger partial charge in [0, 0.05) is 6.07 Å². The van der Waals surface area contributed by atoms with E-state index < -0.39 is 46.0 Å². The highest BCUT2D eigenvalue weighted by Crippen LogP contribution is 2.41. The first-order valence-corrected chi connectivity index (χ1v) is 10.6. The molecule has 0 atom stereocenters. The Balaban J connectivity index is 1.85. The van der Waals surface area contributed by atoms with Crippen LogP contribution < -0.4 is 4.74 Å². The molecular formula is C24H27F5O. The van der Waals surface area contributed by atoms with E-state index in [9.17, 15) is 22.0 Å². The van der Waals surface area contributed by atoms with Crippen LogP contribution in [0.5, 0.6) is 5.75 Å². The Morgan fingerprint density at radius 2 is 1.43 bits per heavy atom. The van der Waals surface area contributed by atoms with Crippen LogP contribution in [-0.4, -0.2) is 7.11 Å². The highest BCUT2D eigenvalue weighted by Gasteiger charge is 2.28. The molecule has 2 aromatic carbocycles. The molecular weight excluding hydrogens is 399 g/mol. The van der Waals surface area contributed by atoms with Crippen molar-refractivity contribution in [2.45, 2.75) is 64.2 Å². The van der Waals surface area contributed by atoms with Gasteiger partial charge in [-0.1, -0.05) is 32.6 Å². The molecule has 0 aromatic heterocycles. The zero-order valence-electron chi connectivity index (χ0n) is 17.3. The van der Waals surface area contributed by atoms with E-state index in [1.165, 1.54) is 25.7 Å². The van der Waals surface area contributed by atoms with Gasteiger partial charge in [0.2, 0.25) is 0 Å². The second-order valence-electron chi connectivity index (χ2n) is 8.14. The van der Waals surface area contributed by atoms with Crippen LogP contribution in [0, 0.1) is 35.0 Å². The lowest BCUT2D eigenvalue weighted by atomic mass is 9.76. The van der Waals surface area contributed by atoms with Gasteiger partial charge in [-0.25, -0.2) is 22.0 Å². The normalized spacial score (nSPS) is 19.2. The molecule has 0 unspecified atom stereocenters. The maximum atomic E-state index is 14.8. The predicted octanol–water partition coefficient (Wildman–Crippen LogP) is 7.91. The van der Waals surface area contributed by atoms with E-state index in [1.807, 2.05) is 0 Å². The van der Waals surface area contributed by atoms with Crippen molar-refractivity contribution >= 4 is 0 Å². The third-order valence-electron chi connectivity index (χ3n) is 6.19. The van der Waals surface area contributed by atoms with E-state index in [2.05, 4.69) is 11.7 Å². The maximum absolute atomic E-state index is 14.8. The van der Waals surface area contributed by atoms with E-state index in [0.29, 0.717) is 17.5 Å². The zero-order chi connectivity index (χ0) is 21.8. The van der Waals surface area contributed by atoms with E-state index in [1.54, 1.807) is 0 Å². The number of rotatable bonds is 7. The minimum absolute atomic E-state index is 0.00205. The highest BCUT2D eigenvalue weighted by atomic mass is 19.2. The molecule has 0 spiro atoms. The first-order valence-electron chi connectivity index (χ1n) is 10.6. The van der Waals surface area contributed by atoms with Crippen LogP contribution in [0.4, 0.5) is 22.0 Å². The van der Waals surface area contributed by atoms with Crippen LogP contribution >= 0.6 is 0 Å². The minimum Gasteiger partial charge on any atom is -0.494 e. The molecule has 0 radical (unpaired) electrons. The lowest BCUT2D eigenvalue weighted by Gasteiger charge is -2.29. The summed E-state index contributed by atoms with van der Waals surface area (Å²) in [6.07, 6.45) is 8.44. The second-order valence-corrected chi connectivity index (χ2v) is 8.14. The van der Waals surface area contributed by atoms with Crippen LogP contribution in [-0.2, 0) is 0 Å². The van der Waals surface area contributed by atoms with E-state index in [4.69, 9.17) is 0 Å². The molecule has 0 saturated heterocycles. The summed E-state index contributed by atoms with van der Waals surface area (Å²) in [5.74, 6) is -6.62. The molecule has 6 heteroatoms. The third-order valence-corrected chi connectivity index (χ3v) is 6.19. The average Bonchev–Trinajstić information content (AvgIpc) is 2.73. The molecule has 0 heterocycles. The largest absolute Gasteiger partial charge is 0.494 e. The Kier molecular flexibility index (Phi) is 7.37. The lowest BCUT2D eigenvalue weighted by molar-refractivity contribution is 0.302. The van der Waals surface area contributed by atoms with Crippen LogP contribution in [0.25, 0.3) is 11.1 Å². The number of ether oxygens (including phenoxy) is 1. The number of hydrogen-bond acceptors (Lipinski definition) is 1. The van der Waals surface area contributed by atoms with Gasteiger partial charge < -0.3 is 4.74 Å². The van der Waals surface area contributed by atoms with Gasteiger partial charge in [-0.2, -0.15) is 0 Å². The quantitative estimate of drug-likeness (QED) is 0.248. The lowest BCUT2D eigenvalue weighted by Crippen LogP contribution is -2.14. The number of hydrogen-bond donors (Lipinski definition) is 0. The Morgan fingerprint density at radius 3 is 2.00 bits per heavy atom. The van der Waals surface area contributed by atoms with Crippen molar-refractivity contribution in [1.29, 1.82) is 0 Å². The standard InChI is InChI=1S/C24H27F5O/c1-3-4-5-6-14-7-9-15(10-8-14)16-11-17(25)21(18(26)12-16)22-23(28)19(27)13-20(30-2)24(22)29/h11-15H,3-10H2,1-2H3. The van der Waals surface area contributed by atoms with Crippen LogP contribution in [0.1, 0.15) is 69.8 Å². The van der Waals surface area contributed by atoms with Gasteiger partial charge in [0.25, 0.3) is 0 Å². The number of unbranched alkanes of at least 4 members (excludes halogenated alkanes) is 2. The summed E-state index contributed by atoms with van der Waals surface area (Å²) in [6, 6.07) is 2.75. The fourth-order valence-corrected chi connectivity index (χ4v) is 4.48. The van der Waals surface area contributed by atoms with E-state index in [0.717, 1.165) is 44.9 Å². The Bertz CT molecular complexity index is 865. The Morgan fingerprint density at radius 1 is 0.800 bits per heavy atom. The summed E-state index contributed by atoms with van der Waals surface area (Å²) < 4.78 is 76.9. The van der Waals surface area contributed by atoms with Gasteiger partial charge >= 0.3 is 0 Å². The topological polar surface area (TPSA) is 9.23 Å². The number of methoxy groups -OCH3 is 1. The fourth-order valence-electron chi connectivity index (χ4n) is 4.48. The van der Waals surface area contributed by atoms with Crippen molar-refractivity contribution in [3.63, 3.8) is 0 Å². The van der Waals surface area contributed by atoms with Gasteiger partial charge in [0.05, 0.1) is 18.2 Å². The van der Waals surface area contributed by atoms with Crippen molar-refractivity contribution in [2.24, 2.45) is 5.92 Å². The summed E-state index contributed by atoms with van der Waals surface area (Å²) in [5, 5.41) is 0. The van der Waals surface area contributed by atoms with Gasteiger partial charge in [0.1, 0.15) is 11.6 Å². The van der Waals surface area contributed by atoms with Crippen molar-refractivity contribution in [3.05, 3.63) is 52.8 Å². The molecule has 1 aliphatic carbocycles. The average molecular weight is 426 g/mol. The fraction of sp³-hybridized carbons (Fsp3) is 0.500. The summed E-state index contributed by atoms with van der Waals surface area (Å²) in [7, 11) is 1.06. The molecule has 164 valence electrons. The first kappa shape index (κ1) is 22.6.